The van der Waals surface area contributed by atoms with E-state index in [1.165, 1.54) is 16.7 Å². The largest absolute Gasteiger partial charge is 0.0683 e. The summed E-state index contributed by atoms with van der Waals surface area (Å²) in [6, 6.07) is 14.7. The Morgan fingerprint density at radius 1 is 0.667 bits per heavy atom. The Kier molecular flexibility index (Phi) is 7.35. The summed E-state index contributed by atoms with van der Waals surface area (Å²) < 4.78 is 0. The van der Waals surface area contributed by atoms with Crippen molar-refractivity contribution in [1.29, 1.82) is 0 Å². The molecule has 0 spiro atoms. The molecule has 1 rings (SSSR count). The predicted molar refractivity (Wildman–Crippen MR) is 69.6 cm³/mol. The van der Waals surface area contributed by atoms with E-state index in [0.717, 1.165) is 0 Å². The second kappa shape index (κ2) is 8.05. The molecular formula is C15H22. The van der Waals surface area contributed by atoms with Crippen LogP contribution >= 0.6 is 0 Å². The van der Waals surface area contributed by atoms with Crippen molar-refractivity contribution >= 4 is 0 Å². The minimum Gasteiger partial charge on any atom is -0.0683 e. The number of aryl methyl sites for hydroxylation is 3. The highest BCUT2D eigenvalue weighted by Crippen LogP contribution is 2.03. The molecule has 0 saturated heterocycles. The van der Waals surface area contributed by atoms with Crippen LogP contribution < -0.4 is 0 Å². The first-order valence-corrected chi connectivity index (χ1v) is 5.57. The molecule has 0 heterocycles. The van der Waals surface area contributed by atoms with E-state index < -0.39 is 0 Å². The van der Waals surface area contributed by atoms with Crippen LogP contribution in [0.5, 0.6) is 0 Å². The summed E-state index contributed by atoms with van der Waals surface area (Å²) in [5.74, 6) is 0. The standard InChI is InChI=1S/C13H16.C2H6/c1-11-8-6-4-5-7-9-12(2)13(3)10-11;1-2/h4-10H,1-3H3;1-2H3. The average molecular weight is 202 g/mol. The van der Waals surface area contributed by atoms with Crippen LogP contribution in [0.3, 0.4) is 0 Å². The van der Waals surface area contributed by atoms with Crippen LogP contribution in [0.2, 0.25) is 0 Å². The molecule has 0 N–H and O–H groups in total. The molecule has 0 bridgehead atoms. The van der Waals surface area contributed by atoms with Crippen molar-refractivity contribution in [2.24, 2.45) is 0 Å². The van der Waals surface area contributed by atoms with Gasteiger partial charge in [-0.15, -0.1) is 0 Å². The topological polar surface area (TPSA) is 0 Å². The zero-order valence-electron chi connectivity index (χ0n) is 10.5. The smallest absolute Gasteiger partial charge is 0.0395 e. The summed E-state index contributed by atoms with van der Waals surface area (Å²) in [4.78, 5) is 0. The molecule has 15 heavy (non-hydrogen) atoms. The quantitative estimate of drug-likeness (QED) is 0.569. The minimum atomic E-state index is 1.29. The van der Waals surface area contributed by atoms with E-state index in [-0.39, 0.29) is 0 Å². The van der Waals surface area contributed by atoms with Gasteiger partial charge < -0.3 is 0 Å². The Hall–Kier alpha value is -1.30. The van der Waals surface area contributed by atoms with Gasteiger partial charge in [0.05, 0.1) is 0 Å². The lowest BCUT2D eigenvalue weighted by Gasteiger charge is -1.94. The lowest BCUT2D eigenvalue weighted by Crippen LogP contribution is -1.75. The molecule has 0 nitrogen and oxygen atoms in total. The monoisotopic (exact) mass is 202 g/mol. The lowest BCUT2D eigenvalue weighted by molar-refractivity contribution is 1.33. The molecule has 0 aliphatic carbocycles. The number of rotatable bonds is 0. The summed E-state index contributed by atoms with van der Waals surface area (Å²) in [5.41, 5.74) is 3.94. The van der Waals surface area contributed by atoms with Gasteiger partial charge in [-0.1, -0.05) is 61.9 Å². The molecule has 0 aliphatic heterocycles. The fourth-order valence-corrected chi connectivity index (χ4v) is 1.17. The highest BCUT2D eigenvalue weighted by Gasteiger charge is 1.85. The normalized spacial score (nSPS) is 8.33. The van der Waals surface area contributed by atoms with E-state index in [0.29, 0.717) is 0 Å². The van der Waals surface area contributed by atoms with Crippen molar-refractivity contribution in [3.8, 4) is 0 Å². The Morgan fingerprint density at radius 3 is 1.80 bits per heavy atom. The summed E-state index contributed by atoms with van der Waals surface area (Å²) in [6.07, 6.45) is 0. The van der Waals surface area contributed by atoms with Gasteiger partial charge in [0.25, 0.3) is 0 Å². The van der Waals surface area contributed by atoms with E-state index in [2.05, 4.69) is 51.1 Å². The third kappa shape index (κ3) is 5.90. The summed E-state index contributed by atoms with van der Waals surface area (Å²) >= 11 is 0. The van der Waals surface area contributed by atoms with Crippen LogP contribution in [0, 0.1) is 20.8 Å². The SMILES string of the molecule is CC.Cc1ccccccc(C)c(C)c1. The van der Waals surface area contributed by atoms with Gasteiger partial charge in [0.1, 0.15) is 0 Å². The van der Waals surface area contributed by atoms with Gasteiger partial charge in [-0.05, 0) is 31.9 Å². The third-order valence-corrected chi connectivity index (χ3v) is 2.10. The molecule has 0 aliphatic rings. The molecule has 0 aromatic heterocycles. The summed E-state index contributed by atoms with van der Waals surface area (Å²) in [6.45, 7) is 10.4. The molecule has 0 saturated carbocycles. The van der Waals surface area contributed by atoms with E-state index in [9.17, 15) is 0 Å². The van der Waals surface area contributed by atoms with Gasteiger partial charge >= 0.3 is 0 Å². The zero-order valence-corrected chi connectivity index (χ0v) is 10.5. The van der Waals surface area contributed by atoms with E-state index in [1.54, 1.807) is 0 Å². The fraction of sp³-hybridized carbons (Fsp3) is 0.333. The molecule has 0 atom stereocenters. The second-order valence-electron chi connectivity index (χ2n) is 3.36. The molecule has 0 amide bonds. The van der Waals surface area contributed by atoms with Gasteiger partial charge in [0.15, 0.2) is 0 Å². The van der Waals surface area contributed by atoms with E-state index in [1.807, 2.05) is 26.0 Å². The summed E-state index contributed by atoms with van der Waals surface area (Å²) in [7, 11) is 0. The number of hydrogen-bond donors (Lipinski definition) is 0. The first-order valence-electron chi connectivity index (χ1n) is 5.57. The third-order valence-electron chi connectivity index (χ3n) is 2.10. The van der Waals surface area contributed by atoms with Gasteiger partial charge in [-0.3, -0.25) is 0 Å². The molecule has 0 radical (unpaired) electrons. The highest BCUT2D eigenvalue weighted by atomic mass is 13.9. The molecule has 0 heteroatoms. The Labute approximate surface area is 94.3 Å². The minimum absolute atomic E-state index is 1.29. The van der Waals surface area contributed by atoms with Crippen LogP contribution in [0.25, 0.3) is 0 Å². The molecular weight excluding hydrogens is 180 g/mol. The van der Waals surface area contributed by atoms with Gasteiger partial charge in [-0.25, -0.2) is 0 Å². The Balaban J connectivity index is 0.000000921. The first-order chi connectivity index (χ1) is 7.20. The zero-order chi connectivity index (χ0) is 11.7. The van der Waals surface area contributed by atoms with Crippen molar-refractivity contribution in [2.75, 3.05) is 0 Å². The first kappa shape index (κ1) is 13.7. The summed E-state index contributed by atoms with van der Waals surface area (Å²) in [5, 5.41) is 0. The van der Waals surface area contributed by atoms with E-state index in [4.69, 9.17) is 0 Å². The Morgan fingerprint density at radius 2 is 1.20 bits per heavy atom. The van der Waals surface area contributed by atoms with Crippen LogP contribution in [0.15, 0.2) is 42.5 Å². The maximum absolute atomic E-state index is 2.20. The van der Waals surface area contributed by atoms with E-state index >= 15 is 0 Å². The highest BCUT2D eigenvalue weighted by molar-refractivity contribution is 5.24. The van der Waals surface area contributed by atoms with Crippen molar-refractivity contribution in [3.05, 3.63) is 59.2 Å². The maximum Gasteiger partial charge on any atom is -0.0395 e. The van der Waals surface area contributed by atoms with Crippen LogP contribution in [0.4, 0.5) is 0 Å². The van der Waals surface area contributed by atoms with Crippen molar-refractivity contribution < 1.29 is 0 Å². The molecule has 0 unspecified atom stereocenters. The van der Waals surface area contributed by atoms with Gasteiger partial charge in [0.2, 0.25) is 0 Å². The van der Waals surface area contributed by atoms with Crippen molar-refractivity contribution in [1.82, 2.24) is 0 Å². The van der Waals surface area contributed by atoms with Gasteiger partial charge in [-0.2, -0.15) is 0 Å². The van der Waals surface area contributed by atoms with Crippen LogP contribution in [-0.2, 0) is 0 Å². The molecule has 1 aromatic carbocycles. The number of hydrogen-bond acceptors (Lipinski definition) is 0. The molecule has 82 valence electrons. The fourth-order valence-electron chi connectivity index (χ4n) is 1.17. The average Bonchev–Trinajstić information content (AvgIpc) is 2.24. The maximum atomic E-state index is 2.20. The van der Waals surface area contributed by atoms with Crippen LogP contribution in [-0.4, -0.2) is 0 Å². The predicted octanol–water partition coefficient (Wildman–Crippen LogP) is 4.76. The van der Waals surface area contributed by atoms with Crippen molar-refractivity contribution in [2.45, 2.75) is 34.6 Å². The van der Waals surface area contributed by atoms with Crippen molar-refractivity contribution in [3.63, 3.8) is 0 Å². The lowest BCUT2D eigenvalue weighted by atomic mass is 10.1. The van der Waals surface area contributed by atoms with Crippen LogP contribution in [0.1, 0.15) is 30.5 Å². The van der Waals surface area contributed by atoms with Gasteiger partial charge in [0, 0.05) is 0 Å². The molecule has 1 aromatic rings. The Bertz CT molecular complexity index is 336. The molecule has 0 fully saturated rings. The second-order valence-corrected chi connectivity index (χ2v) is 3.36.